The van der Waals surface area contributed by atoms with Crippen LogP contribution in [0.25, 0.3) is 0 Å². The smallest absolute Gasteiger partial charge is 0.406 e. The fourth-order valence-corrected chi connectivity index (χ4v) is 3.53. The number of amides is 2. The fraction of sp³-hybridized carbons (Fsp3) is 0.125. The number of carbonyl (C=O) groups excluding carboxylic acids is 2. The molecule has 0 saturated heterocycles. The second kappa shape index (κ2) is 8.42. The van der Waals surface area contributed by atoms with Gasteiger partial charge in [0.25, 0.3) is 11.8 Å². The van der Waals surface area contributed by atoms with Gasteiger partial charge in [0.05, 0.1) is 28.7 Å². The molecule has 1 heterocycles. The number of aryl methyl sites for hydroxylation is 2. The van der Waals surface area contributed by atoms with Gasteiger partial charge in [-0.25, -0.2) is 4.90 Å². The minimum atomic E-state index is -4.83. The van der Waals surface area contributed by atoms with Gasteiger partial charge in [-0.05, 0) is 66.9 Å². The number of anilines is 2. The zero-order valence-corrected chi connectivity index (χ0v) is 17.6. The van der Waals surface area contributed by atoms with Crippen molar-refractivity contribution in [1.82, 2.24) is 0 Å². The van der Waals surface area contributed by atoms with E-state index >= 15 is 0 Å². The van der Waals surface area contributed by atoms with Crippen LogP contribution in [0.4, 0.5) is 24.5 Å². The van der Waals surface area contributed by atoms with E-state index in [0.29, 0.717) is 5.56 Å². The van der Waals surface area contributed by atoms with E-state index in [-0.39, 0.29) is 16.8 Å². The molecular weight excluding hydrogens is 435 g/mol. The first-order valence-corrected chi connectivity index (χ1v) is 9.88. The van der Waals surface area contributed by atoms with Gasteiger partial charge in [-0.15, -0.1) is 13.2 Å². The van der Waals surface area contributed by atoms with E-state index in [4.69, 9.17) is 0 Å². The summed E-state index contributed by atoms with van der Waals surface area (Å²) >= 11 is 0. The molecule has 6 nitrogen and oxygen atoms in total. The zero-order valence-electron chi connectivity index (χ0n) is 17.6. The zero-order chi connectivity index (χ0) is 23.8. The summed E-state index contributed by atoms with van der Waals surface area (Å²) in [6.07, 6.45) is -3.29. The van der Waals surface area contributed by atoms with Crippen LogP contribution < -0.4 is 15.1 Å². The molecule has 0 radical (unpaired) electrons. The lowest BCUT2D eigenvalue weighted by Gasteiger charge is -2.15. The average molecular weight is 453 g/mol. The van der Waals surface area contributed by atoms with E-state index in [0.717, 1.165) is 33.8 Å². The molecule has 0 unspecified atom stereocenters. The van der Waals surface area contributed by atoms with Crippen LogP contribution in [-0.4, -0.2) is 24.4 Å². The van der Waals surface area contributed by atoms with Gasteiger partial charge < -0.3 is 4.74 Å². The molecule has 0 fully saturated rings. The summed E-state index contributed by atoms with van der Waals surface area (Å²) in [5.41, 5.74) is 7.07. The number of benzene rings is 3. The lowest BCUT2D eigenvalue weighted by molar-refractivity contribution is -0.274. The van der Waals surface area contributed by atoms with Gasteiger partial charge >= 0.3 is 6.36 Å². The van der Waals surface area contributed by atoms with Crippen molar-refractivity contribution in [3.8, 4) is 5.75 Å². The standard InChI is InChI=1S/C24H18F3N3O3/c1-14-4-3-5-15(2)21(14)29-28-13-16-6-11-19-20(12-16)23(32)30(22(19)31)17-7-9-18(10-8-17)33-24(25,26)27/h3-13,29H,1-2H3/b28-13+. The largest absolute Gasteiger partial charge is 0.573 e. The van der Waals surface area contributed by atoms with Crippen LogP contribution in [0.5, 0.6) is 5.75 Å². The molecule has 0 saturated carbocycles. The number of para-hydroxylation sites is 1. The van der Waals surface area contributed by atoms with Crippen LogP contribution in [0, 0.1) is 13.8 Å². The Morgan fingerprint density at radius 3 is 2.18 bits per heavy atom. The first-order valence-electron chi connectivity index (χ1n) is 9.88. The first-order chi connectivity index (χ1) is 15.6. The maximum absolute atomic E-state index is 12.9. The predicted molar refractivity (Wildman–Crippen MR) is 118 cm³/mol. The predicted octanol–water partition coefficient (Wildman–Crippen LogP) is 5.45. The van der Waals surface area contributed by atoms with Crippen molar-refractivity contribution in [2.24, 2.45) is 5.10 Å². The second-order valence-corrected chi connectivity index (χ2v) is 7.43. The average Bonchev–Trinajstić information content (AvgIpc) is 3.00. The second-order valence-electron chi connectivity index (χ2n) is 7.43. The Hall–Kier alpha value is -4.14. The summed E-state index contributed by atoms with van der Waals surface area (Å²) in [5, 5.41) is 4.23. The van der Waals surface area contributed by atoms with Crippen molar-refractivity contribution in [2.75, 3.05) is 10.3 Å². The number of imide groups is 1. The molecule has 168 valence electrons. The van der Waals surface area contributed by atoms with E-state index in [1.807, 2.05) is 32.0 Å². The minimum absolute atomic E-state index is 0.141. The van der Waals surface area contributed by atoms with Gasteiger partial charge in [0, 0.05) is 0 Å². The molecule has 1 aliphatic rings. The highest BCUT2D eigenvalue weighted by Gasteiger charge is 2.37. The van der Waals surface area contributed by atoms with E-state index in [2.05, 4.69) is 15.3 Å². The van der Waals surface area contributed by atoms with Gasteiger partial charge in [-0.2, -0.15) is 5.10 Å². The molecule has 1 aliphatic heterocycles. The number of hydrogen-bond acceptors (Lipinski definition) is 5. The summed E-state index contributed by atoms with van der Waals surface area (Å²) in [7, 11) is 0. The van der Waals surface area contributed by atoms with Crippen LogP contribution in [0.3, 0.4) is 0 Å². The number of carbonyl (C=O) groups is 2. The van der Waals surface area contributed by atoms with Gasteiger partial charge in [0.15, 0.2) is 0 Å². The van der Waals surface area contributed by atoms with Crippen LogP contribution in [0.1, 0.15) is 37.4 Å². The normalized spacial score (nSPS) is 13.5. The van der Waals surface area contributed by atoms with Crippen LogP contribution >= 0.6 is 0 Å². The number of fused-ring (bicyclic) bond motifs is 1. The fourth-order valence-electron chi connectivity index (χ4n) is 3.53. The quantitative estimate of drug-likeness (QED) is 0.317. The van der Waals surface area contributed by atoms with Crippen LogP contribution in [-0.2, 0) is 0 Å². The van der Waals surface area contributed by atoms with E-state index in [9.17, 15) is 22.8 Å². The molecule has 3 aromatic carbocycles. The lowest BCUT2D eigenvalue weighted by atomic mass is 10.1. The number of hydrogen-bond donors (Lipinski definition) is 1. The number of hydrazone groups is 1. The Balaban J connectivity index is 1.53. The summed E-state index contributed by atoms with van der Waals surface area (Å²) in [6.45, 7) is 3.92. The van der Waals surface area contributed by atoms with E-state index < -0.39 is 23.9 Å². The third-order valence-corrected chi connectivity index (χ3v) is 5.11. The number of ether oxygens (including phenoxy) is 1. The molecular formula is C24H18F3N3O3. The van der Waals surface area contributed by atoms with Gasteiger partial charge in [0.2, 0.25) is 0 Å². The van der Waals surface area contributed by atoms with E-state index in [1.165, 1.54) is 24.4 Å². The highest BCUT2D eigenvalue weighted by atomic mass is 19.4. The third-order valence-electron chi connectivity index (χ3n) is 5.11. The molecule has 0 spiro atoms. The highest BCUT2D eigenvalue weighted by Crippen LogP contribution is 2.31. The first kappa shape index (κ1) is 22.1. The molecule has 0 atom stereocenters. The molecule has 3 aromatic rings. The highest BCUT2D eigenvalue weighted by molar-refractivity contribution is 6.34. The van der Waals surface area contributed by atoms with Gasteiger partial charge in [0.1, 0.15) is 5.75 Å². The summed E-state index contributed by atoms with van der Waals surface area (Å²) in [4.78, 5) is 26.6. The van der Waals surface area contributed by atoms with Crippen molar-refractivity contribution >= 4 is 29.4 Å². The molecule has 4 rings (SSSR count). The Bertz CT molecular complexity index is 1250. The monoisotopic (exact) mass is 453 g/mol. The maximum Gasteiger partial charge on any atom is 0.573 e. The van der Waals surface area contributed by atoms with Crippen molar-refractivity contribution in [3.05, 3.63) is 88.5 Å². The number of halogens is 3. The summed E-state index contributed by atoms with van der Waals surface area (Å²) < 4.78 is 40.9. The Morgan fingerprint density at radius 2 is 1.55 bits per heavy atom. The molecule has 9 heteroatoms. The molecule has 0 bridgehead atoms. The lowest BCUT2D eigenvalue weighted by Crippen LogP contribution is -2.29. The van der Waals surface area contributed by atoms with Gasteiger partial charge in [-0.1, -0.05) is 24.3 Å². The van der Waals surface area contributed by atoms with Crippen molar-refractivity contribution in [1.29, 1.82) is 0 Å². The SMILES string of the molecule is Cc1cccc(C)c1N/N=C/c1ccc2c(c1)C(=O)N(c1ccc(OC(F)(F)F)cc1)C2=O. The Morgan fingerprint density at radius 1 is 0.909 bits per heavy atom. The van der Waals surface area contributed by atoms with Crippen LogP contribution in [0.15, 0.2) is 65.8 Å². The van der Waals surface area contributed by atoms with Gasteiger partial charge in [-0.3, -0.25) is 15.0 Å². The summed E-state index contributed by atoms with van der Waals surface area (Å²) in [5.74, 6) is -1.58. The molecule has 0 aliphatic carbocycles. The number of nitrogens with zero attached hydrogens (tertiary/aromatic N) is 2. The topological polar surface area (TPSA) is 71.0 Å². The number of nitrogens with one attached hydrogen (secondary N) is 1. The third kappa shape index (κ3) is 4.57. The number of rotatable bonds is 5. The molecule has 1 N–H and O–H groups in total. The summed E-state index contributed by atoms with van der Waals surface area (Å²) in [6, 6.07) is 15.1. The Kier molecular flexibility index (Phi) is 5.63. The Labute approximate surface area is 187 Å². The molecule has 0 aromatic heterocycles. The maximum atomic E-state index is 12.9. The van der Waals surface area contributed by atoms with Crippen molar-refractivity contribution < 1.29 is 27.5 Å². The minimum Gasteiger partial charge on any atom is -0.406 e. The molecule has 33 heavy (non-hydrogen) atoms. The van der Waals surface area contributed by atoms with Crippen molar-refractivity contribution in [2.45, 2.75) is 20.2 Å². The van der Waals surface area contributed by atoms with E-state index in [1.54, 1.807) is 12.1 Å². The molecule has 2 amide bonds. The van der Waals surface area contributed by atoms with Crippen LogP contribution in [0.2, 0.25) is 0 Å². The number of alkyl halides is 3. The van der Waals surface area contributed by atoms with Crippen molar-refractivity contribution in [3.63, 3.8) is 0 Å².